The van der Waals surface area contributed by atoms with E-state index in [-0.39, 0.29) is 37.3 Å². The lowest BCUT2D eigenvalue weighted by Crippen LogP contribution is -2.39. The number of carbonyl (C=O) groups is 1. The highest BCUT2D eigenvalue weighted by molar-refractivity contribution is 5.76. The third-order valence-corrected chi connectivity index (χ3v) is 2.63. The number of nitrogens with one attached hydrogen (secondary N) is 1. The van der Waals surface area contributed by atoms with E-state index in [2.05, 4.69) is 5.32 Å². The van der Waals surface area contributed by atoms with E-state index in [4.69, 9.17) is 14.6 Å². The zero-order valence-corrected chi connectivity index (χ0v) is 11.5. The van der Waals surface area contributed by atoms with E-state index < -0.39 is 5.82 Å². The summed E-state index contributed by atoms with van der Waals surface area (Å²) in [6.45, 7) is 0.395. The molecular formula is C14H20FNO4. The van der Waals surface area contributed by atoms with Crippen molar-refractivity contribution in [2.75, 3.05) is 26.9 Å². The fraction of sp³-hybridized carbons (Fsp3) is 0.500. The van der Waals surface area contributed by atoms with Crippen LogP contribution in [-0.2, 0) is 9.53 Å². The second kappa shape index (κ2) is 9.28. The van der Waals surface area contributed by atoms with Crippen LogP contribution in [0, 0.1) is 5.82 Å². The lowest BCUT2D eigenvalue weighted by atomic mass is 10.2. The van der Waals surface area contributed by atoms with Gasteiger partial charge in [0.05, 0.1) is 25.7 Å². The molecule has 0 saturated carbocycles. The monoisotopic (exact) mass is 285 g/mol. The molecule has 0 aromatic heterocycles. The minimum atomic E-state index is -0.453. The zero-order valence-electron chi connectivity index (χ0n) is 11.5. The lowest BCUT2D eigenvalue weighted by molar-refractivity contribution is -0.122. The third kappa shape index (κ3) is 5.99. The number of para-hydroxylation sites is 1. The van der Waals surface area contributed by atoms with E-state index in [1.54, 1.807) is 12.1 Å². The van der Waals surface area contributed by atoms with E-state index in [0.717, 1.165) is 0 Å². The first kappa shape index (κ1) is 16.4. The van der Waals surface area contributed by atoms with Crippen LogP contribution in [0.4, 0.5) is 4.39 Å². The van der Waals surface area contributed by atoms with Gasteiger partial charge in [0.2, 0.25) is 5.91 Å². The smallest absolute Gasteiger partial charge is 0.223 e. The molecule has 112 valence electrons. The molecule has 0 fully saturated rings. The minimum absolute atomic E-state index is 0.0277. The van der Waals surface area contributed by atoms with Crippen molar-refractivity contribution in [3.8, 4) is 5.75 Å². The second-order valence-electron chi connectivity index (χ2n) is 4.26. The summed E-state index contributed by atoms with van der Waals surface area (Å²) in [5.74, 6) is -0.550. The molecule has 2 N–H and O–H groups in total. The number of benzene rings is 1. The normalized spacial score (nSPS) is 11.9. The van der Waals surface area contributed by atoms with Gasteiger partial charge in [-0.25, -0.2) is 4.39 Å². The Hall–Kier alpha value is -1.66. The van der Waals surface area contributed by atoms with E-state index in [1.165, 1.54) is 19.2 Å². The Morgan fingerprint density at radius 2 is 2.20 bits per heavy atom. The Labute approximate surface area is 117 Å². The lowest BCUT2D eigenvalue weighted by Gasteiger charge is -2.16. The van der Waals surface area contributed by atoms with E-state index in [0.29, 0.717) is 13.0 Å². The molecule has 1 aromatic rings. The molecule has 1 rings (SSSR count). The summed E-state index contributed by atoms with van der Waals surface area (Å²) in [5.41, 5.74) is 0. The summed E-state index contributed by atoms with van der Waals surface area (Å²) in [4.78, 5) is 11.7. The third-order valence-electron chi connectivity index (χ3n) is 2.63. The summed E-state index contributed by atoms with van der Waals surface area (Å²) in [5, 5.41) is 11.6. The Morgan fingerprint density at radius 3 is 2.85 bits per heavy atom. The Balaban J connectivity index is 2.30. The van der Waals surface area contributed by atoms with Crippen molar-refractivity contribution in [1.82, 2.24) is 5.32 Å². The van der Waals surface area contributed by atoms with Crippen LogP contribution in [0.3, 0.4) is 0 Å². The number of hydrogen-bond acceptors (Lipinski definition) is 4. The fourth-order valence-electron chi connectivity index (χ4n) is 1.67. The van der Waals surface area contributed by atoms with Crippen molar-refractivity contribution in [2.24, 2.45) is 0 Å². The number of amides is 1. The van der Waals surface area contributed by atoms with Gasteiger partial charge in [-0.2, -0.15) is 0 Å². The van der Waals surface area contributed by atoms with Gasteiger partial charge >= 0.3 is 0 Å². The van der Waals surface area contributed by atoms with Gasteiger partial charge in [0.15, 0.2) is 11.6 Å². The zero-order chi connectivity index (χ0) is 14.8. The topological polar surface area (TPSA) is 67.8 Å². The molecule has 0 aliphatic heterocycles. The van der Waals surface area contributed by atoms with Crippen molar-refractivity contribution >= 4 is 5.91 Å². The molecule has 0 spiro atoms. The van der Waals surface area contributed by atoms with Gasteiger partial charge in [-0.05, 0) is 18.6 Å². The predicted molar refractivity (Wildman–Crippen MR) is 72.0 cm³/mol. The summed E-state index contributed by atoms with van der Waals surface area (Å²) < 4.78 is 23.4. The Morgan fingerprint density at radius 1 is 1.45 bits per heavy atom. The number of aliphatic hydroxyl groups excluding tert-OH is 1. The minimum Gasteiger partial charge on any atom is -0.490 e. The first-order valence-corrected chi connectivity index (χ1v) is 6.44. The molecular weight excluding hydrogens is 265 g/mol. The molecule has 20 heavy (non-hydrogen) atoms. The van der Waals surface area contributed by atoms with Gasteiger partial charge in [0.1, 0.15) is 0 Å². The van der Waals surface area contributed by atoms with Gasteiger partial charge in [-0.3, -0.25) is 4.79 Å². The first-order chi connectivity index (χ1) is 9.67. The van der Waals surface area contributed by atoms with Crippen LogP contribution in [0.5, 0.6) is 5.75 Å². The van der Waals surface area contributed by atoms with E-state index >= 15 is 0 Å². The van der Waals surface area contributed by atoms with Crippen LogP contribution in [0.2, 0.25) is 0 Å². The molecule has 0 heterocycles. The Kier molecular flexibility index (Phi) is 7.60. The van der Waals surface area contributed by atoms with Crippen LogP contribution >= 0.6 is 0 Å². The van der Waals surface area contributed by atoms with E-state index in [9.17, 15) is 9.18 Å². The van der Waals surface area contributed by atoms with Crippen molar-refractivity contribution < 1.29 is 23.8 Å². The number of aliphatic hydroxyl groups is 1. The summed E-state index contributed by atoms with van der Waals surface area (Å²) >= 11 is 0. The number of rotatable bonds is 9. The molecule has 1 amide bonds. The van der Waals surface area contributed by atoms with Gasteiger partial charge < -0.3 is 19.9 Å². The van der Waals surface area contributed by atoms with Gasteiger partial charge in [0.25, 0.3) is 0 Å². The van der Waals surface area contributed by atoms with Crippen molar-refractivity contribution in [2.45, 2.75) is 18.9 Å². The highest BCUT2D eigenvalue weighted by Crippen LogP contribution is 2.15. The van der Waals surface area contributed by atoms with Gasteiger partial charge in [-0.1, -0.05) is 12.1 Å². The van der Waals surface area contributed by atoms with Gasteiger partial charge in [-0.15, -0.1) is 0 Å². The number of ether oxygens (including phenoxy) is 2. The molecule has 0 bridgehead atoms. The quantitative estimate of drug-likeness (QED) is 0.713. The molecule has 0 aliphatic rings. The SMILES string of the molecule is COCC(CCO)NC(=O)CCOc1ccccc1F. The van der Waals surface area contributed by atoms with Gasteiger partial charge in [0, 0.05) is 13.7 Å². The first-order valence-electron chi connectivity index (χ1n) is 6.44. The maximum Gasteiger partial charge on any atom is 0.223 e. The maximum atomic E-state index is 13.3. The highest BCUT2D eigenvalue weighted by Gasteiger charge is 2.12. The fourth-order valence-corrected chi connectivity index (χ4v) is 1.67. The predicted octanol–water partition coefficient (Wildman–Crippen LogP) is 1.11. The summed E-state index contributed by atoms with van der Waals surface area (Å²) in [6.07, 6.45) is 0.535. The van der Waals surface area contributed by atoms with Crippen LogP contribution in [0.15, 0.2) is 24.3 Å². The van der Waals surface area contributed by atoms with E-state index in [1.807, 2.05) is 0 Å². The van der Waals surface area contributed by atoms with Crippen LogP contribution in [0.25, 0.3) is 0 Å². The second-order valence-corrected chi connectivity index (χ2v) is 4.26. The average Bonchev–Trinajstić information content (AvgIpc) is 2.41. The summed E-state index contributed by atoms with van der Waals surface area (Å²) in [7, 11) is 1.53. The van der Waals surface area contributed by atoms with Crippen molar-refractivity contribution in [3.63, 3.8) is 0 Å². The van der Waals surface area contributed by atoms with Crippen molar-refractivity contribution in [1.29, 1.82) is 0 Å². The van der Waals surface area contributed by atoms with Crippen LogP contribution in [-0.4, -0.2) is 44.0 Å². The average molecular weight is 285 g/mol. The molecule has 0 radical (unpaired) electrons. The van der Waals surface area contributed by atoms with Crippen LogP contribution in [0.1, 0.15) is 12.8 Å². The molecule has 5 nitrogen and oxygen atoms in total. The van der Waals surface area contributed by atoms with Crippen LogP contribution < -0.4 is 10.1 Å². The molecule has 1 unspecified atom stereocenters. The molecule has 1 aromatic carbocycles. The van der Waals surface area contributed by atoms with Crippen molar-refractivity contribution in [3.05, 3.63) is 30.1 Å². The molecule has 0 aliphatic carbocycles. The Bertz CT molecular complexity index is 408. The number of halogens is 1. The maximum absolute atomic E-state index is 13.3. The largest absolute Gasteiger partial charge is 0.490 e. The summed E-state index contributed by atoms with van der Waals surface area (Å²) in [6, 6.07) is 5.80. The highest BCUT2D eigenvalue weighted by atomic mass is 19.1. The number of hydrogen-bond donors (Lipinski definition) is 2. The molecule has 1 atom stereocenters. The molecule has 6 heteroatoms. The number of carbonyl (C=O) groups excluding carboxylic acids is 1. The standard InChI is InChI=1S/C14H20FNO4/c1-19-10-11(6-8-17)16-14(18)7-9-20-13-5-3-2-4-12(13)15/h2-5,11,17H,6-10H2,1H3,(H,16,18). The number of methoxy groups -OCH3 is 1. The molecule has 0 saturated heterocycles.